The molecule has 0 heterocycles. The summed E-state index contributed by atoms with van der Waals surface area (Å²) < 4.78 is 11.1. The third-order valence-corrected chi connectivity index (χ3v) is 3.89. The molecule has 0 spiro atoms. The van der Waals surface area contributed by atoms with Crippen LogP contribution >= 0.6 is 11.6 Å². The maximum absolute atomic E-state index is 11.9. The van der Waals surface area contributed by atoms with Crippen LogP contribution in [0, 0.1) is 0 Å². The molecule has 8 heteroatoms. The molecule has 0 unspecified atom stereocenters. The van der Waals surface area contributed by atoms with Gasteiger partial charge in [-0.3, -0.25) is 9.59 Å². The molecule has 0 aliphatic carbocycles. The van der Waals surface area contributed by atoms with E-state index in [-0.39, 0.29) is 24.7 Å². The maximum Gasteiger partial charge on any atom is 0.240 e. The van der Waals surface area contributed by atoms with Crippen LogP contribution in [0.1, 0.15) is 32.3 Å². The van der Waals surface area contributed by atoms with Crippen molar-refractivity contribution in [1.29, 1.82) is 0 Å². The molecule has 0 saturated carbocycles. The molecule has 2 aromatic rings. The number of benzene rings is 2. The number of nitrogens with one attached hydrogen (secondary N) is 2. The van der Waals surface area contributed by atoms with Gasteiger partial charge >= 0.3 is 0 Å². The molecule has 7 nitrogen and oxygen atoms in total. The summed E-state index contributed by atoms with van der Waals surface area (Å²) in [6, 6.07) is 12.2. The summed E-state index contributed by atoms with van der Waals surface area (Å²) in [5, 5.41) is 7.13. The largest absolute Gasteiger partial charge is 0.490 e. The number of anilines is 1. The minimum atomic E-state index is -0.363. The van der Waals surface area contributed by atoms with Gasteiger partial charge < -0.3 is 14.8 Å². The van der Waals surface area contributed by atoms with E-state index in [4.69, 9.17) is 21.1 Å². The molecule has 2 rings (SSSR count). The highest BCUT2D eigenvalue weighted by Gasteiger charge is 2.08. The van der Waals surface area contributed by atoms with E-state index in [1.54, 1.807) is 36.4 Å². The lowest BCUT2D eigenvalue weighted by Crippen LogP contribution is -2.20. The van der Waals surface area contributed by atoms with Crippen LogP contribution in [0.25, 0.3) is 0 Å². The number of hydrogen-bond donors (Lipinski definition) is 2. The van der Waals surface area contributed by atoms with Gasteiger partial charge in [-0.1, -0.05) is 17.7 Å². The summed E-state index contributed by atoms with van der Waals surface area (Å²) in [6.07, 6.45) is 1.55. The zero-order valence-corrected chi connectivity index (χ0v) is 17.2. The Labute approximate surface area is 175 Å². The van der Waals surface area contributed by atoms with Crippen LogP contribution in [0.2, 0.25) is 5.02 Å². The average molecular weight is 418 g/mol. The summed E-state index contributed by atoms with van der Waals surface area (Å²) >= 11 is 5.87. The molecule has 2 aromatic carbocycles. The second-order valence-corrected chi connectivity index (χ2v) is 6.36. The van der Waals surface area contributed by atoms with Gasteiger partial charge in [0.2, 0.25) is 11.8 Å². The predicted molar refractivity (Wildman–Crippen MR) is 114 cm³/mol. The third kappa shape index (κ3) is 7.83. The summed E-state index contributed by atoms with van der Waals surface area (Å²) in [7, 11) is 0. The quantitative estimate of drug-likeness (QED) is 0.451. The van der Waals surface area contributed by atoms with Crippen LogP contribution in [0.3, 0.4) is 0 Å². The lowest BCUT2D eigenvalue weighted by molar-refractivity contribution is -0.124. The smallest absolute Gasteiger partial charge is 0.240 e. The van der Waals surface area contributed by atoms with Crippen LogP contribution in [-0.2, 0) is 9.59 Å². The van der Waals surface area contributed by atoms with E-state index >= 15 is 0 Å². The molecule has 0 saturated heterocycles. The van der Waals surface area contributed by atoms with Gasteiger partial charge in [-0.05, 0) is 55.8 Å². The SMILES string of the molecule is CCOc1ccc(C=NNC(=O)CCC(=O)Nc2cccc(Cl)c2)cc1OCC. The molecule has 29 heavy (non-hydrogen) atoms. The number of hydrazone groups is 1. The minimum Gasteiger partial charge on any atom is -0.490 e. The Balaban J connectivity index is 1.81. The second-order valence-electron chi connectivity index (χ2n) is 5.92. The van der Waals surface area contributed by atoms with Crippen LogP contribution in [0.5, 0.6) is 11.5 Å². The Hall–Kier alpha value is -3.06. The molecule has 0 aliphatic rings. The highest BCUT2D eigenvalue weighted by atomic mass is 35.5. The zero-order valence-electron chi connectivity index (χ0n) is 16.4. The van der Waals surface area contributed by atoms with E-state index in [9.17, 15) is 9.59 Å². The molecule has 0 fully saturated rings. The summed E-state index contributed by atoms with van der Waals surface area (Å²) in [5.74, 6) is 0.626. The molecular formula is C21H24ClN3O4. The molecule has 154 valence electrons. The summed E-state index contributed by atoms with van der Waals surface area (Å²) in [4.78, 5) is 23.8. The maximum atomic E-state index is 11.9. The second kappa shape index (κ2) is 11.7. The Morgan fingerprint density at radius 3 is 2.45 bits per heavy atom. The number of halogens is 1. The minimum absolute atomic E-state index is 0.0111. The monoisotopic (exact) mass is 417 g/mol. The molecule has 0 atom stereocenters. The van der Waals surface area contributed by atoms with Crippen LogP contribution in [-0.4, -0.2) is 31.2 Å². The molecule has 0 radical (unpaired) electrons. The highest BCUT2D eigenvalue weighted by molar-refractivity contribution is 6.30. The van der Waals surface area contributed by atoms with Crippen molar-refractivity contribution in [3.63, 3.8) is 0 Å². The van der Waals surface area contributed by atoms with Crippen LogP contribution in [0.4, 0.5) is 5.69 Å². The number of hydrogen-bond acceptors (Lipinski definition) is 5. The summed E-state index contributed by atoms with van der Waals surface area (Å²) in [5.41, 5.74) is 3.74. The van der Waals surface area contributed by atoms with Crippen LogP contribution in [0.15, 0.2) is 47.6 Å². The summed E-state index contributed by atoms with van der Waals surface area (Å²) in [6.45, 7) is 4.83. The first-order valence-electron chi connectivity index (χ1n) is 9.28. The van der Waals surface area contributed by atoms with E-state index in [0.29, 0.717) is 35.4 Å². The molecule has 0 aromatic heterocycles. The van der Waals surface area contributed by atoms with Crippen molar-refractivity contribution < 1.29 is 19.1 Å². The topological polar surface area (TPSA) is 89.0 Å². The van der Waals surface area contributed by atoms with E-state index < -0.39 is 0 Å². The van der Waals surface area contributed by atoms with Crippen molar-refractivity contribution in [2.75, 3.05) is 18.5 Å². The van der Waals surface area contributed by atoms with E-state index in [1.807, 2.05) is 19.9 Å². The number of carbonyl (C=O) groups excluding carboxylic acids is 2. The molecule has 2 amide bonds. The average Bonchev–Trinajstić information content (AvgIpc) is 2.69. The van der Waals surface area contributed by atoms with Gasteiger partial charge in [0.25, 0.3) is 0 Å². The highest BCUT2D eigenvalue weighted by Crippen LogP contribution is 2.27. The fourth-order valence-corrected chi connectivity index (χ4v) is 2.59. The van der Waals surface area contributed by atoms with Crippen molar-refractivity contribution in [3.05, 3.63) is 53.1 Å². The number of carbonyl (C=O) groups is 2. The first-order valence-corrected chi connectivity index (χ1v) is 9.66. The Morgan fingerprint density at radius 1 is 1.00 bits per heavy atom. The van der Waals surface area contributed by atoms with Crippen molar-refractivity contribution in [2.45, 2.75) is 26.7 Å². The number of rotatable bonds is 10. The molecule has 2 N–H and O–H groups in total. The number of ether oxygens (including phenoxy) is 2. The molecule has 0 aliphatic heterocycles. The predicted octanol–water partition coefficient (Wildman–Crippen LogP) is 4.01. The van der Waals surface area contributed by atoms with E-state index in [1.165, 1.54) is 6.21 Å². The Kier molecular flexibility index (Phi) is 8.98. The van der Waals surface area contributed by atoms with E-state index in [0.717, 1.165) is 5.56 Å². The zero-order chi connectivity index (χ0) is 21.1. The van der Waals surface area contributed by atoms with Crippen molar-refractivity contribution in [3.8, 4) is 11.5 Å². The Bertz CT molecular complexity index is 871. The standard InChI is InChI=1S/C21H24ClN3O4/c1-3-28-18-9-8-15(12-19(18)29-4-2)14-23-25-21(27)11-10-20(26)24-17-7-5-6-16(22)13-17/h5-9,12-14H,3-4,10-11H2,1-2H3,(H,24,26)(H,25,27). The first kappa shape index (κ1) is 22.2. The fourth-order valence-electron chi connectivity index (χ4n) is 2.40. The normalized spacial score (nSPS) is 10.6. The van der Waals surface area contributed by atoms with E-state index in [2.05, 4.69) is 15.8 Å². The molecular weight excluding hydrogens is 394 g/mol. The van der Waals surface area contributed by atoms with Gasteiger partial charge in [0.1, 0.15) is 0 Å². The van der Waals surface area contributed by atoms with Crippen molar-refractivity contribution in [2.24, 2.45) is 5.10 Å². The fraction of sp³-hybridized carbons (Fsp3) is 0.286. The Morgan fingerprint density at radius 2 is 1.72 bits per heavy atom. The van der Waals surface area contributed by atoms with Crippen molar-refractivity contribution >= 4 is 35.3 Å². The molecule has 0 bridgehead atoms. The van der Waals surface area contributed by atoms with Crippen molar-refractivity contribution in [1.82, 2.24) is 5.43 Å². The third-order valence-electron chi connectivity index (χ3n) is 3.66. The lowest BCUT2D eigenvalue weighted by Gasteiger charge is -2.11. The van der Waals surface area contributed by atoms with Gasteiger partial charge in [-0.2, -0.15) is 5.10 Å². The number of amides is 2. The van der Waals surface area contributed by atoms with Gasteiger partial charge in [-0.15, -0.1) is 0 Å². The lowest BCUT2D eigenvalue weighted by atomic mass is 10.2. The van der Waals surface area contributed by atoms with Gasteiger partial charge in [0.15, 0.2) is 11.5 Å². The van der Waals surface area contributed by atoms with Gasteiger partial charge in [0.05, 0.1) is 19.4 Å². The van der Waals surface area contributed by atoms with Gasteiger partial charge in [0, 0.05) is 23.6 Å². The number of nitrogens with zero attached hydrogens (tertiary/aromatic N) is 1. The van der Waals surface area contributed by atoms with Crippen LogP contribution < -0.4 is 20.2 Å². The first-order chi connectivity index (χ1) is 14.0. The van der Waals surface area contributed by atoms with Gasteiger partial charge in [-0.25, -0.2) is 5.43 Å².